The number of carbonyl (C=O) groups is 1. The van der Waals surface area contributed by atoms with Crippen LogP contribution in [0.5, 0.6) is 0 Å². The normalized spacial score (nSPS) is 31.7. The highest BCUT2D eigenvalue weighted by Gasteiger charge is 2.45. The number of allylic oxidation sites excluding steroid dienone is 2. The Morgan fingerprint density at radius 2 is 2.11 bits per heavy atom. The van der Waals surface area contributed by atoms with Gasteiger partial charge in [0, 0.05) is 25.5 Å². The molecule has 4 rings (SSSR count). The minimum Gasteiger partial charge on any atom is -0.376 e. The van der Waals surface area contributed by atoms with E-state index in [0.717, 1.165) is 31.6 Å². The molecule has 0 saturated carbocycles. The first-order valence-electron chi connectivity index (χ1n) is 9.77. The van der Waals surface area contributed by atoms with Gasteiger partial charge in [-0.1, -0.05) is 19.1 Å². The number of rotatable bonds is 2. The van der Waals surface area contributed by atoms with Crippen molar-refractivity contribution in [3.8, 4) is 0 Å². The summed E-state index contributed by atoms with van der Waals surface area (Å²) in [5.41, 5.74) is -0.827. The second kappa shape index (κ2) is 7.56. The Labute approximate surface area is 160 Å². The fraction of sp³-hybridized carbons (Fsp3) is 0.650. The lowest BCUT2D eigenvalue weighted by Gasteiger charge is -2.46. The van der Waals surface area contributed by atoms with Crippen molar-refractivity contribution in [3.63, 3.8) is 0 Å². The number of hydrogen-bond acceptors (Lipinski definition) is 6. The fourth-order valence-corrected chi connectivity index (χ4v) is 4.30. The van der Waals surface area contributed by atoms with Crippen LogP contribution in [0, 0.1) is 5.41 Å². The number of carbonyl (C=O) groups excluding carboxylic acids is 1. The molecular formula is C20H28N4O3. The molecule has 1 amide bonds. The van der Waals surface area contributed by atoms with Gasteiger partial charge in [0.25, 0.3) is 0 Å². The molecule has 7 nitrogen and oxygen atoms in total. The molecule has 27 heavy (non-hydrogen) atoms. The molecule has 3 heterocycles. The molecule has 0 radical (unpaired) electrons. The first-order valence-corrected chi connectivity index (χ1v) is 9.77. The predicted octanol–water partition coefficient (Wildman–Crippen LogP) is 1.66. The Morgan fingerprint density at radius 3 is 2.89 bits per heavy atom. The molecule has 2 unspecified atom stereocenters. The van der Waals surface area contributed by atoms with E-state index in [1.807, 2.05) is 4.90 Å². The maximum absolute atomic E-state index is 13.3. The highest BCUT2D eigenvalue weighted by molar-refractivity contribution is 5.83. The van der Waals surface area contributed by atoms with Crippen LogP contribution in [0.1, 0.15) is 26.2 Å². The molecule has 1 aliphatic carbocycles. The Kier molecular flexibility index (Phi) is 5.14. The topological polar surface area (TPSA) is 67.8 Å². The summed E-state index contributed by atoms with van der Waals surface area (Å²) in [7, 11) is 0. The maximum atomic E-state index is 13.3. The molecule has 0 bridgehead atoms. The molecule has 7 heteroatoms. The van der Waals surface area contributed by atoms with E-state index in [1.165, 1.54) is 0 Å². The summed E-state index contributed by atoms with van der Waals surface area (Å²) < 4.78 is 12.1. The minimum atomic E-state index is -0.525. The number of ether oxygens (including phenoxy) is 2. The Bertz CT molecular complexity index is 698. The number of aromatic nitrogens is 2. The smallest absolute Gasteiger partial charge is 0.229 e. The van der Waals surface area contributed by atoms with Gasteiger partial charge in [-0.3, -0.25) is 9.78 Å². The lowest BCUT2D eigenvalue weighted by molar-refractivity contribution is -0.165. The van der Waals surface area contributed by atoms with Crippen LogP contribution >= 0.6 is 0 Å². The average molecular weight is 372 g/mol. The molecule has 3 aliphatic rings. The van der Waals surface area contributed by atoms with E-state index < -0.39 is 5.60 Å². The van der Waals surface area contributed by atoms with Crippen LogP contribution in [0.4, 0.5) is 5.82 Å². The molecular weight excluding hydrogens is 344 g/mol. The first kappa shape index (κ1) is 18.4. The van der Waals surface area contributed by atoms with Crippen LogP contribution in [0.3, 0.4) is 0 Å². The third kappa shape index (κ3) is 3.84. The highest BCUT2D eigenvalue weighted by Crippen LogP contribution is 2.36. The molecule has 0 N–H and O–H groups in total. The Balaban J connectivity index is 1.51. The lowest BCUT2D eigenvalue weighted by Crippen LogP contribution is -2.61. The van der Waals surface area contributed by atoms with E-state index in [9.17, 15) is 4.79 Å². The van der Waals surface area contributed by atoms with E-state index in [-0.39, 0.29) is 11.3 Å². The van der Waals surface area contributed by atoms with Gasteiger partial charge in [-0.25, -0.2) is 4.98 Å². The zero-order valence-corrected chi connectivity index (χ0v) is 16.0. The SMILES string of the molecule is CC1(C(=O)N2CCOC3(COCCN(c4cnccn4)C3)C2)CC=CCC1. The van der Waals surface area contributed by atoms with Crippen molar-refractivity contribution in [1.82, 2.24) is 14.9 Å². The van der Waals surface area contributed by atoms with Crippen molar-refractivity contribution in [3.05, 3.63) is 30.7 Å². The van der Waals surface area contributed by atoms with E-state index in [2.05, 4.69) is 33.9 Å². The van der Waals surface area contributed by atoms with Gasteiger partial charge in [0.1, 0.15) is 11.4 Å². The Morgan fingerprint density at radius 1 is 1.19 bits per heavy atom. The van der Waals surface area contributed by atoms with E-state index in [1.54, 1.807) is 18.6 Å². The van der Waals surface area contributed by atoms with E-state index in [0.29, 0.717) is 39.5 Å². The van der Waals surface area contributed by atoms with Crippen molar-refractivity contribution in [1.29, 1.82) is 0 Å². The van der Waals surface area contributed by atoms with Crippen molar-refractivity contribution in [2.75, 3.05) is 50.9 Å². The number of nitrogens with zero attached hydrogens (tertiary/aromatic N) is 4. The Hall–Kier alpha value is -1.99. The number of amides is 1. The highest BCUT2D eigenvalue weighted by atomic mass is 16.5. The van der Waals surface area contributed by atoms with Gasteiger partial charge >= 0.3 is 0 Å². The van der Waals surface area contributed by atoms with E-state index in [4.69, 9.17) is 9.47 Å². The van der Waals surface area contributed by atoms with Gasteiger partial charge in [-0.15, -0.1) is 0 Å². The van der Waals surface area contributed by atoms with Crippen LogP contribution < -0.4 is 4.90 Å². The second-order valence-electron chi connectivity index (χ2n) is 8.07. The van der Waals surface area contributed by atoms with Crippen molar-refractivity contribution in [2.45, 2.75) is 31.8 Å². The summed E-state index contributed by atoms with van der Waals surface area (Å²) in [6.07, 6.45) is 12.2. The van der Waals surface area contributed by atoms with Gasteiger partial charge in [0.15, 0.2) is 0 Å². The van der Waals surface area contributed by atoms with Gasteiger partial charge in [-0.2, -0.15) is 0 Å². The van der Waals surface area contributed by atoms with Gasteiger partial charge in [0.2, 0.25) is 5.91 Å². The molecule has 1 spiro atoms. The van der Waals surface area contributed by atoms with Crippen LogP contribution in [0.2, 0.25) is 0 Å². The van der Waals surface area contributed by atoms with Crippen LogP contribution in [-0.2, 0) is 14.3 Å². The molecule has 2 fully saturated rings. The molecule has 2 saturated heterocycles. The summed E-state index contributed by atoms with van der Waals surface area (Å²) in [6, 6.07) is 0. The fourth-order valence-electron chi connectivity index (χ4n) is 4.30. The van der Waals surface area contributed by atoms with Crippen LogP contribution in [0.25, 0.3) is 0 Å². The van der Waals surface area contributed by atoms with E-state index >= 15 is 0 Å². The second-order valence-corrected chi connectivity index (χ2v) is 8.07. The standard InChI is InChI=1S/C20H28N4O3/c1-19(5-3-2-4-6-19)18(25)24-10-12-27-20(15-24)14-23(9-11-26-16-20)17-13-21-7-8-22-17/h2-3,7-8,13H,4-6,9-12,14-16H2,1H3. The summed E-state index contributed by atoms with van der Waals surface area (Å²) in [5.74, 6) is 1.06. The first-order chi connectivity index (χ1) is 13.1. The monoisotopic (exact) mass is 372 g/mol. The largest absolute Gasteiger partial charge is 0.376 e. The van der Waals surface area contributed by atoms with Crippen LogP contribution in [0.15, 0.2) is 30.7 Å². The summed E-state index contributed by atoms with van der Waals surface area (Å²) in [4.78, 5) is 26.0. The van der Waals surface area contributed by atoms with Gasteiger partial charge < -0.3 is 19.3 Å². The summed E-state index contributed by atoms with van der Waals surface area (Å²) >= 11 is 0. The molecule has 1 aromatic rings. The number of anilines is 1. The number of morpholine rings is 1. The number of hydrogen-bond donors (Lipinski definition) is 0. The molecule has 146 valence electrons. The van der Waals surface area contributed by atoms with Gasteiger partial charge in [0.05, 0.1) is 44.5 Å². The third-order valence-corrected chi connectivity index (χ3v) is 5.87. The van der Waals surface area contributed by atoms with Crippen molar-refractivity contribution < 1.29 is 14.3 Å². The maximum Gasteiger partial charge on any atom is 0.229 e. The molecule has 0 aromatic carbocycles. The molecule has 2 atom stereocenters. The van der Waals surface area contributed by atoms with Gasteiger partial charge in [-0.05, 0) is 19.3 Å². The summed E-state index contributed by atoms with van der Waals surface area (Å²) in [5, 5.41) is 0. The quantitative estimate of drug-likeness (QED) is 0.736. The molecule has 2 aliphatic heterocycles. The molecule has 1 aromatic heterocycles. The average Bonchev–Trinajstić information content (AvgIpc) is 2.91. The summed E-state index contributed by atoms with van der Waals surface area (Å²) in [6.45, 7) is 6.31. The lowest BCUT2D eigenvalue weighted by atomic mass is 9.77. The predicted molar refractivity (Wildman–Crippen MR) is 101 cm³/mol. The zero-order valence-electron chi connectivity index (χ0n) is 16.0. The minimum absolute atomic E-state index is 0.241. The van der Waals surface area contributed by atoms with Crippen LogP contribution in [-0.4, -0.2) is 72.4 Å². The third-order valence-electron chi connectivity index (χ3n) is 5.87. The van der Waals surface area contributed by atoms with Crippen molar-refractivity contribution in [2.24, 2.45) is 5.41 Å². The van der Waals surface area contributed by atoms with Crippen molar-refractivity contribution >= 4 is 11.7 Å². The zero-order chi connectivity index (χ0) is 18.7.